The van der Waals surface area contributed by atoms with Gasteiger partial charge in [0.05, 0.1) is 19.8 Å². The van der Waals surface area contributed by atoms with Crippen LogP contribution in [-0.2, 0) is 19.1 Å². The molecule has 1 atom stereocenters. The summed E-state index contributed by atoms with van der Waals surface area (Å²) < 4.78 is 4.53. The summed E-state index contributed by atoms with van der Waals surface area (Å²) in [5, 5.41) is 5.60. The molecule has 1 rings (SSSR count). The number of esters is 1. The summed E-state index contributed by atoms with van der Waals surface area (Å²) in [6.45, 7) is 0.794. The molecule has 0 aromatic heterocycles. The zero-order valence-electron chi connectivity index (χ0n) is 14.9. The van der Waals surface area contributed by atoms with Crippen molar-refractivity contribution in [1.29, 1.82) is 0 Å². The molecular weight excluding hydrogens is 342 g/mol. The Labute approximate surface area is 152 Å². The van der Waals surface area contributed by atoms with Crippen molar-refractivity contribution in [2.75, 3.05) is 45.4 Å². The zero-order valence-corrected chi connectivity index (χ0v) is 15.7. The molecule has 0 aliphatic heterocycles. The lowest BCUT2D eigenvalue weighted by molar-refractivity contribution is -0.862. The number of nitrogens with one attached hydrogen (secondary N) is 3. The van der Waals surface area contributed by atoms with E-state index in [0.29, 0.717) is 13.0 Å². The molecule has 3 N–H and O–H groups in total. The molecule has 1 unspecified atom stereocenters. The van der Waals surface area contributed by atoms with E-state index in [1.807, 2.05) is 30.5 Å². The van der Waals surface area contributed by atoms with Crippen molar-refractivity contribution in [3.63, 3.8) is 0 Å². The van der Waals surface area contributed by atoms with E-state index >= 15 is 0 Å². The lowest BCUT2D eigenvalue weighted by Gasteiger charge is -2.14. The normalized spacial score (nSPS) is 11.5. The number of rotatable bonds is 10. The van der Waals surface area contributed by atoms with Gasteiger partial charge in [-0.25, -0.2) is 0 Å². The molecular formula is C17H26N3O4S+. The summed E-state index contributed by atoms with van der Waals surface area (Å²) in [4.78, 5) is 36.7. The molecule has 1 aromatic carbocycles. The number of carbonyl (C=O) groups excluding carboxylic acids is 3. The van der Waals surface area contributed by atoms with E-state index in [1.54, 1.807) is 18.8 Å². The maximum absolute atomic E-state index is 12.1. The summed E-state index contributed by atoms with van der Waals surface area (Å²) in [6.07, 6.45) is 2.76. The first-order chi connectivity index (χ1) is 12.0. The highest BCUT2D eigenvalue weighted by atomic mass is 32.2. The van der Waals surface area contributed by atoms with Gasteiger partial charge in [0, 0.05) is 17.9 Å². The summed E-state index contributed by atoms with van der Waals surface area (Å²) in [5.74, 6) is -0.587. The SMILES string of the molecule is COC(=O)CCCNC(=O)C[NH+](C)CC(=O)Nc1ccccc1SC. The molecule has 0 heterocycles. The fourth-order valence-electron chi connectivity index (χ4n) is 2.18. The molecule has 1 aromatic rings. The molecule has 0 saturated heterocycles. The van der Waals surface area contributed by atoms with Gasteiger partial charge in [-0.3, -0.25) is 14.4 Å². The first-order valence-corrected chi connectivity index (χ1v) is 9.26. The largest absolute Gasteiger partial charge is 0.469 e. The van der Waals surface area contributed by atoms with Crippen LogP contribution in [0.4, 0.5) is 5.69 Å². The quantitative estimate of drug-likeness (QED) is 0.306. The number of likely N-dealkylation sites (N-methyl/N-ethyl adjacent to an activating group) is 1. The van der Waals surface area contributed by atoms with E-state index in [9.17, 15) is 14.4 Å². The predicted octanol–water partition coefficient (Wildman–Crippen LogP) is -0.0689. The number of amides is 2. The van der Waals surface area contributed by atoms with Crippen LogP contribution in [0.5, 0.6) is 0 Å². The van der Waals surface area contributed by atoms with Crippen LogP contribution in [0, 0.1) is 0 Å². The maximum Gasteiger partial charge on any atom is 0.305 e. The number of para-hydroxylation sites is 1. The van der Waals surface area contributed by atoms with Crippen LogP contribution in [0.3, 0.4) is 0 Å². The molecule has 2 amide bonds. The molecule has 0 aliphatic rings. The average molecular weight is 368 g/mol. The Kier molecular flexibility index (Phi) is 9.64. The molecule has 0 radical (unpaired) electrons. The van der Waals surface area contributed by atoms with Crippen molar-refractivity contribution in [3.8, 4) is 0 Å². The van der Waals surface area contributed by atoms with E-state index in [0.717, 1.165) is 15.5 Å². The van der Waals surface area contributed by atoms with Crippen molar-refractivity contribution in [3.05, 3.63) is 24.3 Å². The van der Waals surface area contributed by atoms with Crippen LogP contribution in [0.15, 0.2) is 29.2 Å². The smallest absolute Gasteiger partial charge is 0.305 e. The standard InChI is InChI=1S/C17H25N3O4S/c1-20(11-15(21)18-10-6-9-17(23)24-2)12-16(22)19-13-7-4-5-8-14(13)25-3/h4-5,7-8H,6,9-12H2,1-3H3,(H,18,21)(H,19,22)/p+1. The minimum atomic E-state index is -0.292. The van der Waals surface area contributed by atoms with Crippen LogP contribution >= 0.6 is 11.8 Å². The highest BCUT2D eigenvalue weighted by Gasteiger charge is 2.15. The summed E-state index contributed by atoms with van der Waals surface area (Å²) >= 11 is 1.56. The number of carbonyl (C=O) groups is 3. The zero-order chi connectivity index (χ0) is 18.7. The van der Waals surface area contributed by atoms with Crippen LogP contribution in [-0.4, -0.2) is 57.8 Å². The van der Waals surface area contributed by atoms with Crippen molar-refractivity contribution in [2.45, 2.75) is 17.7 Å². The third-order valence-electron chi connectivity index (χ3n) is 3.41. The second-order valence-corrected chi connectivity index (χ2v) is 6.44. The van der Waals surface area contributed by atoms with Crippen molar-refractivity contribution < 1.29 is 24.0 Å². The molecule has 0 fully saturated rings. The Bertz CT molecular complexity index is 595. The second-order valence-electron chi connectivity index (χ2n) is 5.59. The van der Waals surface area contributed by atoms with E-state index in [2.05, 4.69) is 15.4 Å². The highest BCUT2D eigenvalue weighted by molar-refractivity contribution is 7.98. The van der Waals surface area contributed by atoms with Gasteiger partial charge in [-0.1, -0.05) is 12.1 Å². The van der Waals surface area contributed by atoms with Gasteiger partial charge in [-0.2, -0.15) is 0 Å². The number of quaternary nitrogens is 1. The highest BCUT2D eigenvalue weighted by Crippen LogP contribution is 2.24. The minimum absolute atomic E-state index is 0.141. The number of anilines is 1. The number of hydrogen-bond donors (Lipinski definition) is 3. The Morgan fingerprint density at radius 2 is 1.84 bits per heavy atom. The van der Waals surface area contributed by atoms with E-state index in [-0.39, 0.29) is 37.3 Å². The number of thioether (sulfide) groups is 1. The first kappa shape index (κ1) is 21.0. The molecule has 0 spiro atoms. The molecule has 25 heavy (non-hydrogen) atoms. The van der Waals surface area contributed by atoms with Gasteiger partial charge in [0.1, 0.15) is 0 Å². The Morgan fingerprint density at radius 1 is 1.16 bits per heavy atom. The number of ether oxygens (including phenoxy) is 1. The van der Waals surface area contributed by atoms with Crippen LogP contribution in [0.1, 0.15) is 12.8 Å². The summed E-state index contributed by atoms with van der Waals surface area (Å²) in [5.41, 5.74) is 0.778. The third kappa shape index (κ3) is 8.55. The number of benzene rings is 1. The molecule has 0 aliphatic carbocycles. The van der Waals surface area contributed by atoms with E-state index < -0.39 is 0 Å². The average Bonchev–Trinajstić information content (AvgIpc) is 2.58. The van der Waals surface area contributed by atoms with E-state index in [1.165, 1.54) is 7.11 Å². The Hall–Kier alpha value is -2.06. The van der Waals surface area contributed by atoms with Crippen molar-refractivity contribution in [2.24, 2.45) is 0 Å². The Balaban J connectivity index is 2.30. The van der Waals surface area contributed by atoms with Crippen LogP contribution < -0.4 is 15.5 Å². The Morgan fingerprint density at radius 3 is 2.52 bits per heavy atom. The lowest BCUT2D eigenvalue weighted by atomic mass is 10.3. The predicted molar refractivity (Wildman–Crippen MR) is 97.7 cm³/mol. The van der Waals surface area contributed by atoms with Gasteiger partial charge < -0.3 is 20.3 Å². The van der Waals surface area contributed by atoms with Gasteiger partial charge >= 0.3 is 5.97 Å². The fourth-order valence-corrected chi connectivity index (χ4v) is 2.73. The summed E-state index contributed by atoms with van der Waals surface area (Å²) in [6, 6.07) is 7.59. The molecule has 0 bridgehead atoms. The number of methoxy groups -OCH3 is 1. The van der Waals surface area contributed by atoms with Gasteiger partial charge in [0.25, 0.3) is 11.8 Å². The molecule has 7 nitrogen and oxygen atoms in total. The molecule has 0 saturated carbocycles. The number of hydrogen-bond acceptors (Lipinski definition) is 5. The first-order valence-electron chi connectivity index (χ1n) is 8.04. The second kappa shape index (κ2) is 11.5. The fraction of sp³-hybridized carbons (Fsp3) is 0.471. The van der Waals surface area contributed by atoms with Gasteiger partial charge in [-0.05, 0) is 24.8 Å². The molecule has 138 valence electrons. The van der Waals surface area contributed by atoms with Gasteiger partial charge in [-0.15, -0.1) is 11.8 Å². The van der Waals surface area contributed by atoms with Crippen LogP contribution in [0.25, 0.3) is 0 Å². The monoisotopic (exact) mass is 368 g/mol. The van der Waals surface area contributed by atoms with Crippen molar-refractivity contribution in [1.82, 2.24) is 5.32 Å². The maximum atomic E-state index is 12.1. The minimum Gasteiger partial charge on any atom is -0.469 e. The van der Waals surface area contributed by atoms with Gasteiger partial charge in [0.15, 0.2) is 13.1 Å². The van der Waals surface area contributed by atoms with Crippen LogP contribution in [0.2, 0.25) is 0 Å². The topological polar surface area (TPSA) is 88.9 Å². The third-order valence-corrected chi connectivity index (χ3v) is 4.21. The van der Waals surface area contributed by atoms with Gasteiger partial charge in [0.2, 0.25) is 0 Å². The lowest BCUT2D eigenvalue weighted by Crippen LogP contribution is -3.11. The summed E-state index contributed by atoms with van der Waals surface area (Å²) in [7, 11) is 3.12. The van der Waals surface area contributed by atoms with Crippen molar-refractivity contribution >= 4 is 35.2 Å². The van der Waals surface area contributed by atoms with E-state index in [4.69, 9.17) is 0 Å². The molecule has 8 heteroatoms.